The first-order valence-electron chi connectivity index (χ1n) is 11.3. The third kappa shape index (κ3) is 5.42. The molecule has 1 aliphatic heterocycles. The highest BCUT2D eigenvalue weighted by Crippen LogP contribution is 2.33. The summed E-state index contributed by atoms with van der Waals surface area (Å²) in [5, 5.41) is 3.38. The van der Waals surface area contributed by atoms with Gasteiger partial charge in [-0.15, -0.1) is 0 Å². The number of nitrogens with zero attached hydrogens (tertiary/aromatic N) is 1. The van der Waals surface area contributed by atoms with Crippen LogP contribution in [0, 0.1) is 5.82 Å². The Hall–Kier alpha value is -3.29. The fourth-order valence-corrected chi connectivity index (χ4v) is 4.84. The van der Waals surface area contributed by atoms with Gasteiger partial charge in [0, 0.05) is 30.6 Å². The van der Waals surface area contributed by atoms with Gasteiger partial charge in [0.15, 0.2) is 11.5 Å². The SMILES string of the molecule is COc1ccc(C(=O)N2CC[C@@H](NC(=O)c3ccccc3Cl)[C@@H](c3ccc(F)c(Cl)c3)C2)cc1OC. The minimum Gasteiger partial charge on any atom is -0.493 e. The monoisotopic (exact) mass is 530 g/mol. The van der Waals surface area contributed by atoms with E-state index >= 15 is 0 Å². The van der Waals surface area contributed by atoms with Crippen molar-refractivity contribution in [1.82, 2.24) is 10.2 Å². The molecule has 1 N–H and O–H groups in total. The molecule has 1 aliphatic rings. The van der Waals surface area contributed by atoms with Gasteiger partial charge in [0.25, 0.3) is 11.8 Å². The summed E-state index contributed by atoms with van der Waals surface area (Å²) in [4.78, 5) is 28.1. The van der Waals surface area contributed by atoms with Crippen LogP contribution in [-0.2, 0) is 0 Å². The first-order valence-corrected chi connectivity index (χ1v) is 12.1. The van der Waals surface area contributed by atoms with Gasteiger partial charge in [-0.05, 0) is 54.4 Å². The van der Waals surface area contributed by atoms with Gasteiger partial charge in [-0.25, -0.2) is 4.39 Å². The van der Waals surface area contributed by atoms with Gasteiger partial charge < -0.3 is 19.7 Å². The average molecular weight is 531 g/mol. The largest absolute Gasteiger partial charge is 0.493 e. The maximum Gasteiger partial charge on any atom is 0.254 e. The molecular formula is C27H25Cl2FN2O4. The second kappa shape index (κ2) is 11.2. The molecule has 0 bridgehead atoms. The summed E-state index contributed by atoms with van der Waals surface area (Å²) < 4.78 is 24.5. The number of amides is 2. The molecule has 0 aromatic heterocycles. The van der Waals surface area contributed by atoms with Crippen molar-refractivity contribution < 1.29 is 23.5 Å². The zero-order valence-corrected chi connectivity index (χ0v) is 21.3. The zero-order chi connectivity index (χ0) is 25.8. The average Bonchev–Trinajstić information content (AvgIpc) is 2.89. The fraction of sp³-hybridized carbons (Fsp3) is 0.259. The number of piperidine rings is 1. The van der Waals surface area contributed by atoms with Crippen LogP contribution in [0.25, 0.3) is 0 Å². The Labute approximate surface area is 218 Å². The molecule has 1 heterocycles. The molecule has 0 radical (unpaired) electrons. The number of likely N-dealkylation sites (tertiary alicyclic amines) is 1. The van der Waals surface area contributed by atoms with Crippen molar-refractivity contribution in [2.75, 3.05) is 27.3 Å². The molecular weight excluding hydrogens is 506 g/mol. The normalized spacial score (nSPS) is 17.4. The Morgan fingerprint density at radius 1 is 0.972 bits per heavy atom. The second-order valence-electron chi connectivity index (χ2n) is 8.45. The topological polar surface area (TPSA) is 67.9 Å². The van der Waals surface area contributed by atoms with Crippen LogP contribution < -0.4 is 14.8 Å². The third-order valence-electron chi connectivity index (χ3n) is 6.34. The summed E-state index contributed by atoms with van der Waals surface area (Å²) in [5.74, 6) is -0.395. The molecule has 6 nitrogen and oxygen atoms in total. The molecule has 0 spiro atoms. The van der Waals surface area contributed by atoms with Gasteiger partial charge in [-0.1, -0.05) is 41.4 Å². The molecule has 0 aliphatic carbocycles. The maximum atomic E-state index is 13.9. The summed E-state index contributed by atoms with van der Waals surface area (Å²) in [6.45, 7) is 0.703. The Kier molecular flexibility index (Phi) is 8.01. The van der Waals surface area contributed by atoms with Crippen LogP contribution in [0.1, 0.15) is 38.6 Å². The standard InChI is InChI=1S/C27H25Cl2FN2O4/c1-35-24-10-8-17(14-25(24)36-2)27(34)32-12-11-23(31-26(33)18-5-3-4-6-20(18)28)19(15-32)16-7-9-22(30)21(29)13-16/h3-10,13-14,19,23H,11-12,15H2,1-2H3,(H,31,33)/t19-,23-/m1/s1. The molecule has 188 valence electrons. The number of nitrogens with one attached hydrogen (secondary N) is 1. The van der Waals surface area contributed by atoms with Crippen molar-refractivity contribution in [1.29, 1.82) is 0 Å². The number of benzene rings is 3. The van der Waals surface area contributed by atoms with Crippen LogP contribution in [0.15, 0.2) is 60.7 Å². The summed E-state index contributed by atoms with van der Waals surface area (Å²) in [7, 11) is 3.03. The quantitative estimate of drug-likeness (QED) is 0.451. The lowest BCUT2D eigenvalue weighted by atomic mass is 9.85. The number of methoxy groups -OCH3 is 2. The molecule has 36 heavy (non-hydrogen) atoms. The molecule has 3 aromatic carbocycles. The molecule has 2 amide bonds. The first-order chi connectivity index (χ1) is 17.3. The minimum absolute atomic E-state index is 0.0213. The van der Waals surface area contributed by atoms with Crippen LogP contribution in [0.4, 0.5) is 4.39 Å². The Morgan fingerprint density at radius 3 is 2.42 bits per heavy atom. The predicted molar refractivity (Wildman–Crippen MR) is 137 cm³/mol. The predicted octanol–water partition coefficient (Wildman–Crippen LogP) is 5.58. The lowest BCUT2D eigenvalue weighted by molar-refractivity contribution is 0.0671. The van der Waals surface area contributed by atoms with Gasteiger partial charge in [0.05, 0.1) is 29.8 Å². The van der Waals surface area contributed by atoms with E-state index in [-0.39, 0.29) is 28.8 Å². The lowest BCUT2D eigenvalue weighted by Crippen LogP contribution is -2.51. The highest BCUT2D eigenvalue weighted by Gasteiger charge is 2.34. The molecule has 1 fully saturated rings. The van der Waals surface area contributed by atoms with Gasteiger partial charge in [-0.2, -0.15) is 0 Å². The van der Waals surface area contributed by atoms with E-state index in [1.807, 2.05) is 0 Å². The van der Waals surface area contributed by atoms with Gasteiger partial charge in [0.2, 0.25) is 0 Å². The van der Waals surface area contributed by atoms with Crippen molar-refractivity contribution in [3.05, 3.63) is 93.2 Å². The number of carbonyl (C=O) groups is 2. The van der Waals surface area contributed by atoms with E-state index in [1.165, 1.54) is 20.3 Å². The summed E-state index contributed by atoms with van der Waals surface area (Å²) >= 11 is 12.3. The lowest BCUT2D eigenvalue weighted by Gasteiger charge is -2.39. The van der Waals surface area contributed by atoms with Crippen LogP contribution >= 0.6 is 23.2 Å². The van der Waals surface area contributed by atoms with Gasteiger partial charge in [-0.3, -0.25) is 9.59 Å². The third-order valence-corrected chi connectivity index (χ3v) is 6.96. The first kappa shape index (κ1) is 25.8. The van der Waals surface area contributed by atoms with Crippen molar-refractivity contribution in [3.8, 4) is 11.5 Å². The molecule has 1 saturated heterocycles. The van der Waals surface area contributed by atoms with Crippen molar-refractivity contribution in [3.63, 3.8) is 0 Å². The Balaban J connectivity index is 1.61. The van der Waals surface area contributed by atoms with E-state index in [4.69, 9.17) is 32.7 Å². The van der Waals surface area contributed by atoms with Crippen LogP contribution in [0.5, 0.6) is 11.5 Å². The van der Waals surface area contributed by atoms with Gasteiger partial charge in [0.1, 0.15) is 5.82 Å². The second-order valence-corrected chi connectivity index (χ2v) is 9.26. The summed E-state index contributed by atoms with van der Waals surface area (Å²) in [5.41, 5.74) is 1.52. The summed E-state index contributed by atoms with van der Waals surface area (Å²) in [6.07, 6.45) is 0.481. The zero-order valence-electron chi connectivity index (χ0n) is 19.8. The van der Waals surface area contributed by atoms with E-state index < -0.39 is 5.82 Å². The fourth-order valence-electron chi connectivity index (χ4n) is 4.43. The number of halogens is 3. The number of hydrogen-bond acceptors (Lipinski definition) is 4. The molecule has 2 atom stereocenters. The highest BCUT2D eigenvalue weighted by molar-refractivity contribution is 6.33. The van der Waals surface area contributed by atoms with Crippen molar-refractivity contribution >= 4 is 35.0 Å². The van der Waals surface area contributed by atoms with Crippen LogP contribution in [0.3, 0.4) is 0 Å². The van der Waals surface area contributed by atoms with Crippen LogP contribution in [-0.4, -0.2) is 50.1 Å². The molecule has 0 unspecified atom stereocenters. The van der Waals surface area contributed by atoms with Crippen molar-refractivity contribution in [2.24, 2.45) is 0 Å². The number of hydrogen-bond donors (Lipinski definition) is 1. The molecule has 3 aromatic rings. The van der Waals surface area contributed by atoms with E-state index in [0.717, 1.165) is 5.56 Å². The number of rotatable bonds is 6. The Bertz CT molecular complexity index is 1290. The molecule has 4 rings (SSSR count). The smallest absolute Gasteiger partial charge is 0.254 e. The highest BCUT2D eigenvalue weighted by atomic mass is 35.5. The van der Waals surface area contributed by atoms with E-state index in [0.29, 0.717) is 47.2 Å². The minimum atomic E-state index is -0.536. The summed E-state index contributed by atoms with van der Waals surface area (Å²) in [6, 6.07) is 15.9. The number of carbonyl (C=O) groups excluding carboxylic acids is 2. The molecule has 0 saturated carbocycles. The van der Waals surface area contributed by atoms with Crippen LogP contribution in [0.2, 0.25) is 10.0 Å². The molecule has 9 heteroatoms. The van der Waals surface area contributed by atoms with Gasteiger partial charge >= 0.3 is 0 Å². The Morgan fingerprint density at radius 2 is 1.72 bits per heavy atom. The van der Waals surface area contributed by atoms with E-state index in [2.05, 4.69) is 5.32 Å². The maximum absolute atomic E-state index is 13.9. The van der Waals surface area contributed by atoms with E-state index in [1.54, 1.807) is 59.5 Å². The number of ether oxygens (including phenoxy) is 2. The van der Waals surface area contributed by atoms with Crippen molar-refractivity contribution in [2.45, 2.75) is 18.4 Å². The van der Waals surface area contributed by atoms with E-state index in [9.17, 15) is 14.0 Å².